The Morgan fingerprint density at radius 3 is 2.41 bits per heavy atom. The summed E-state index contributed by atoms with van der Waals surface area (Å²) in [5, 5.41) is 0. The van der Waals surface area contributed by atoms with E-state index in [-0.39, 0.29) is 11.8 Å². The zero-order chi connectivity index (χ0) is 15.9. The molecular weight excluding hydrogens is 287 g/mol. The average Bonchev–Trinajstić information content (AvgIpc) is 2.82. The lowest BCUT2D eigenvalue weighted by atomic mass is 10.2. The van der Waals surface area contributed by atoms with Crippen molar-refractivity contribution >= 4 is 17.5 Å². The number of fused-ring (bicyclic) bond motifs is 1. The third-order valence-electron chi connectivity index (χ3n) is 3.97. The van der Waals surface area contributed by atoms with Gasteiger partial charge in [0.1, 0.15) is 17.2 Å². The fourth-order valence-electron chi connectivity index (χ4n) is 2.77. The van der Waals surface area contributed by atoms with Gasteiger partial charge in [-0.3, -0.25) is 14.0 Å². The molecule has 0 saturated carbocycles. The summed E-state index contributed by atoms with van der Waals surface area (Å²) < 4.78 is 14.9. The molecule has 3 heterocycles. The Morgan fingerprint density at radius 1 is 1.14 bits per heavy atom. The molecular formula is C15H17FN4O2. The standard InChI is InChI=1S/C15H17FN4O2/c1-10-14(20-9-12(16)3-4-13(20)17-10)15(22)19-7-5-18(6-8-19)11(2)21/h3-4,9H,5-8H2,1-2H3. The van der Waals surface area contributed by atoms with Crippen LogP contribution in [0.15, 0.2) is 18.3 Å². The summed E-state index contributed by atoms with van der Waals surface area (Å²) in [5.74, 6) is -0.584. The second-order valence-corrected chi connectivity index (χ2v) is 5.42. The smallest absolute Gasteiger partial charge is 0.272 e. The summed E-state index contributed by atoms with van der Waals surface area (Å²) in [6, 6.07) is 2.87. The van der Waals surface area contributed by atoms with Crippen LogP contribution in [-0.2, 0) is 4.79 Å². The number of hydrogen-bond donors (Lipinski definition) is 0. The molecule has 7 heteroatoms. The van der Waals surface area contributed by atoms with Gasteiger partial charge in [0.2, 0.25) is 5.91 Å². The summed E-state index contributed by atoms with van der Waals surface area (Å²) in [5.41, 5.74) is 1.50. The van der Waals surface area contributed by atoms with Crippen molar-refractivity contribution in [1.82, 2.24) is 19.2 Å². The Hall–Kier alpha value is -2.44. The summed E-state index contributed by atoms with van der Waals surface area (Å²) >= 11 is 0. The maximum atomic E-state index is 13.5. The van der Waals surface area contributed by atoms with Crippen LogP contribution in [0.1, 0.15) is 23.1 Å². The molecule has 0 aliphatic carbocycles. The normalized spacial score (nSPS) is 15.4. The van der Waals surface area contributed by atoms with E-state index in [9.17, 15) is 14.0 Å². The van der Waals surface area contributed by atoms with E-state index >= 15 is 0 Å². The van der Waals surface area contributed by atoms with Crippen LogP contribution < -0.4 is 0 Å². The van der Waals surface area contributed by atoms with E-state index in [0.29, 0.717) is 43.2 Å². The van der Waals surface area contributed by atoms with E-state index in [2.05, 4.69) is 4.98 Å². The molecule has 1 saturated heterocycles. The topological polar surface area (TPSA) is 57.9 Å². The maximum absolute atomic E-state index is 13.5. The van der Waals surface area contributed by atoms with Gasteiger partial charge in [-0.05, 0) is 19.1 Å². The fraction of sp³-hybridized carbons (Fsp3) is 0.400. The van der Waals surface area contributed by atoms with Gasteiger partial charge in [0.15, 0.2) is 0 Å². The lowest BCUT2D eigenvalue weighted by Crippen LogP contribution is -2.50. The Balaban J connectivity index is 1.88. The monoisotopic (exact) mass is 304 g/mol. The number of piperazine rings is 1. The predicted octanol–water partition coefficient (Wildman–Crippen LogP) is 1.09. The Morgan fingerprint density at radius 2 is 1.77 bits per heavy atom. The second kappa shape index (κ2) is 5.40. The lowest BCUT2D eigenvalue weighted by Gasteiger charge is -2.34. The first-order valence-electron chi connectivity index (χ1n) is 7.16. The van der Waals surface area contributed by atoms with Crippen LogP contribution in [-0.4, -0.2) is 57.2 Å². The van der Waals surface area contributed by atoms with Crippen molar-refractivity contribution in [3.8, 4) is 0 Å². The number of imidazole rings is 1. The Labute approximate surface area is 127 Å². The number of carbonyl (C=O) groups excluding carboxylic acids is 2. The van der Waals surface area contributed by atoms with Gasteiger partial charge in [-0.15, -0.1) is 0 Å². The molecule has 3 rings (SSSR count). The number of aryl methyl sites for hydroxylation is 1. The van der Waals surface area contributed by atoms with Gasteiger partial charge in [-0.2, -0.15) is 0 Å². The number of aromatic nitrogens is 2. The minimum Gasteiger partial charge on any atom is -0.339 e. The Bertz CT molecular complexity index is 747. The van der Waals surface area contributed by atoms with Crippen LogP contribution >= 0.6 is 0 Å². The molecule has 0 unspecified atom stereocenters. The zero-order valence-corrected chi connectivity index (χ0v) is 12.5. The molecule has 2 aromatic heterocycles. The molecule has 22 heavy (non-hydrogen) atoms. The highest BCUT2D eigenvalue weighted by Crippen LogP contribution is 2.16. The average molecular weight is 304 g/mol. The van der Waals surface area contributed by atoms with Crippen molar-refractivity contribution in [2.45, 2.75) is 13.8 Å². The van der Waals surface area contributed by atoms with Gasteiger partial charge in [-0.1, -0.05) is 0 Å². The van der Waals surface area contributed by atoms with Crippen molar-refractivity contribution < 1.29 is 14.0 Å². The summed E-state index contributed by atoms with van der Waals surface area (Å²) in [7, 11) is 0. The zero-order valence-electron chi connectivity index (χ0n) is 12.5. The van der Waals surface area contributed by atoms with Gasteiger partial charge in [0, 0.05) is 39.3 Å². The van der Waals surface area contributed by atoms with Crippen LogP contribution in [0, 0.1) is 12.7 Å². The number of nitrogens with zero attached hydrogens (tertiary/aromatic N) is 4. The molecule has 0 radical (unpaired) electrons. The van der Waals surface area contributed by atoms with E-state index in [1.165, 1.54) is 23.6 Å². The molecule has 116 valence electrons. The number of amides is 2. The molecule has 0 aromatic carbocycles. The van der Waals surface area contributed by atoms with Crippen molar-refractivity contribution in [3.05, 3.63) is 35.5 Å². The molecule has 0 atom stereocenters. The summed E-state index contributed by atoms with van der Waals surface area (Å²) in [4.78, 5) is 31.8. The number of pyridine rings is 1. The lowest BCUT2D eigenvalue weighted by molar-refractivity contribution is -0.130. The number of halogens is 1. The van der Waals surface area contributed by atoms with Crippen LogP contribution in [0.5, 0.6) is 0 Å². The van der Waals surface area contributed by atoms with Gasteiger partial charge in [0.05, 0.1) is 5.69 Å². The van der Waals surface area contributed by atoms with Crippen LogP contribution in [0.4, 0.5) is 4.39 Å². The van der Waals surface area contributed by atoms with Crippen LogP contribution in [0.2, 0.25) is 0 Å². The molecule has 0 bridgehead atoms. The van der Waals surface area contributed by atoms with Gasteiger partial charge < -0.3 is 9.80 Å². The number of rotatable bonds is 1. The quantitative estimate of drug-likeness (QED) is 0.792. The van der Waals surface area contributed by atoms with E-state index in [1.54, 1.807) is 22.8 Å². The molecule has 1 fully saturated rings. The SMILES string of the molecule is CC(=O)N1CCN(C(=O)c2c(C)nc3ccc(F)cn23)CC1. The molecule has 0 spiro atoms. The van der Waals surface area contributed by atoms with Gasteiger partial charge >= 0.3 is 0 Å². The van der Waals surface area contributed by atoms with E-state index < -0.39 is 5.82 Å². The van der Waals surface area contributed by atoms with E-state index in [4.69, 9.17) is 0 Å². The summed E-state index contributed by atoms with van der Waals surface area (Å²) in [6.45, 7) is 5.25. The first-order chi connectivity index (χ1) is 10.5. The molecule has 2 aromatic rings. The van der Waals surface area contributed by atoms with Gasteiger partial charge in [-0.25, -0.2) is 9.37 Å². The molecule has 6 nitrogen and oxygen atoms in total. The highest BCUT2D eigenvalue weighted by atomic mass is 19.1. The molecule has 0 N–H and O–H groups in total. The Kier molecular flexibility index (Phi) is 3.56. The number of carbonyl (C=O) groups is 2. The third kappa shape index (κ3) is 2.43. The first kappa shape index (κ1) is 14.5. The predicted molar refractivity (Wildman–Crippen MR) is 78.0 cm³/mol. The summed E-state index contributed by atoms with van der Waals surface area (Å²) in [6.07, 6.45) is 1.27. The fourth-order valence-corrected chi connectivity index (χ4v) is 2.77. The second-order valence-electron chi connectivity index (χ2n) is 5.42. The molecule has 1 aliphatic rings. The van der Waals surface area contributed by atoms with Crippen LogP contribution in [0.25, 0.3) is 5.65 Å². The molecule has 2 amide bonds. The largest absolute Gasteiger partial charge is 0.339 e. The van der Waals surface area contributed by atoms with Crippen molar-refractivity contribution in [2.75, 3.05) is 26.2 Å². The van der Waals surface area contributed by atoms with Gasteiger partial charge in [0.25, 0.3) is 5.91 Å². The minimum absolute atomic E-state index is 0.0140. The highest BCUT2D eigenvalue weighted by Gasteiger charge is 2.26. The van der Waals surface area contributed by atoms with E-state index in [1.807, 2.05) is 0 Å². The van der Waals surface area contributed by atoms with Crippen molar-refractivity contribution in [1.29, 1.82) is 0 Å². The van der Waals surface area contributed by atoms with Crippen LogP contribution in [0.3, 0.4) is 0 Å². The first-order valence-corrected chi connectivity index (χ1v) is 7.16. The minimum atomic E-state index is -0.416. The highest BCUT2D eigenvalue weighted by molar-refractivity contribution is 5.94. The van der Waals surface area contributed by atoms with Crippen molar-refractivity contribution in [3.63, 3.8) is 0 Å². The number of hydrogen-bond acceptors (Lipinski definition) is 3. The maximum Gasteiger partial charge on any atom is 0.272 e. The van der Waals surface area contributed by atoms with Crippen molar-refractivity contribution in [2.24, 2.45) is 0 Å². The molecule has 1 aliphatic heterocycles. The third-order valence-corrected chi connectivity index (χ3v) is 3.97. The van der Waals surface area contributed by atoms with E-state index in [0.717, 1.165) is 0 Å².